The molecule has 3 heterocycles. The average molecular weight is 351 g/mol. The monoisotopic (exact) mass is 351 g/mol. The van der Waals surface area contributed by atoms with Crippen LogP contribution in [0.15, 0.2) is 18.2 Å². The minimum absolute atomic E-state index is 0.0275. The minimum Gasteiger partial charge on any atom is -0.395 e. The highest BCUT2D eigenvalue weighted by Crippen LogP contribution is 2.47. The molecule has 2 aliphatic heterocycles. The molecule has 0 fully saturated rings. The molecule has 0 amide bonds. The molecular formula is C17H19F2N3O3. The normalized spacial score (nSPS) is 19.7. The van der Waals surface area contributed by atoms with Crippen molar-refractivity contribution < 1.29 is 23.0 Å². The fraction of sp³-hybridized carbons (Fsp3) is 0.471. The van der Waals surface area contributed by atoms with E-state index in [9.17, 15) is 8.78 Å². The van der Waals surface area contributed by atoms with Gasteiger partial charge in [0, 0.05) is 49.5 Å². The SMILES string of the molecule is COCC(C)N1CCc2[nH]nc(-c3cccc4c3OC(F)(F)O4)c2C1. The Hall–Kier alpha value is -2.19. The molecule has 0 spiro atoms. The van der Waals surface area contributed by atoms with Crippen LogP contribution in [0.1, 0.15) is 18.2 Å². The molecule has 134 valence electrons. The van der Waals surface area contributed by atoms with E-state index in [1.54, 1.807) is 19.2 Å². The summed E-state index contributed by atoms with van der Waals surface area (Å²) in [5.74, 6) is 0.0588. The maximum absolute atomic E-state index is 13.5. The highest BCUT2D eigenvalue weighted by atomic mass is 19.3. The van der Waals surface area contributed by atoms with E-state index in [2.05, 4.69) is 26.8 Å². The number of alkyl halides is 2. The van der Waals surface area contributed by atoms with E-state index < -0.39 is 6.29 Å². The molecule has 0 saturated carbocycles. The van der Waals surface area contributed by atoms with E-state index in [4.69, 9.17) is 9.47 Å². The molecule has 1 N–H and O–H groups in total. The molecule has 0 aliphatic carbocycles. The first-order valence-corrected chi connectivity index (χ1v) is 8.17. The summed E-state index contributed by atoms with van der Waals surface area (Å²) in [6.07, 6.45) is -2.83. The molecule has 2 aromatic rings. The molecule has 1 atom stereocenters. The number of H-pyrrole nitrogens is 1. The van der Waals surface area contributed by atoms with E-state index in [1.807, 2.05) is 0 Å². The Bertz CT molecular complexity index is 793. The van der Waals surface area contributed by atoms with Gasteiger partial charge in [-0.1, -0.05) is 6.07 Å². The van der Waals surface area contributed by atoms with Crippen molar-refractivity contribution in [3.8, 4) is 22.8 Å². The van der Waals surface area contributed by atoms with Gasteiger partial charge in [0.1, 0.15) is 5.69 Å². The van der Waals surface area contributed by atoms with E-state index in [-0.39, 0.29) is 17.5 Å². The lowest BCUT2D eigenvalue weighted by Crippen LogP contribution is -2.39. The first-order chi connectivity index (χ1) is 12.0. The molecule has 1 aromatic heterocycles. The van der Waals surface area contributed by atoms with Crippen LogP contribution in [-0.4, -0.2) is 47.7 Å². The van der Waals surface area contributed by atoms with Crippen molar-refractivity contribution in [1.29, 1.82) is 0 Å². The third kappa shape index (κ3) is 2.85. The van der Waals surface area contributed by atoms with Crippen LogP contribution in [-0.2, 0) is 17.7 Å². The molecule has 0 radical (unpaired) electrons. The van der Waals surface area contributed by atoms with Crippen LogP contribution in [0, 0.1) is 0 Å². The fourth-order valence-corrected chi connectivity index (χ4v) is 3.42. The number of hydrogen-bond donors (Lipinski definition) is 1. The van der Waals surface area contributed by atoms with Crippen LogP contribution in [0.25, 0.3) is 11.3 Å². The summed E-state index contributed by atoms with van der Waals surface area (Å²) < 4.78 is 41.4. The third-order valence-electron chi connectivity index (χ3n) is 4.68. The van der Waals surface area contributed by atoms with E-state index in [0.717, 1.165) is 24.2 Å². The van der Waals surface area contributed by atoms with Crippen molar-refractivity contribution in [3.63, 3.8) is 0 Å². The molecule has 4 rings (SSSR count). The topological polar surface area (TPSA) is 59.6 Å². The van der Waals surface area contributed by atoms with Crippen LogP contribution >= 0.6 is 0 Å². The molecule has 0 bridgehead atoms. The zero-order valence-electron chi connectivity index (χ0n) is 14.0. The standard InChI is InChI=1S/C17H19F2N3O3/c1-10(9-23-2)22-7-6-13-12(8-22)15(21-20-13)11-4-3-5-14-16(11)25-17(18,19)24-14/h3-5,10H,6-9H2,1-2H3,(H,20,21). The van der Waals surface area contributed by atoms with Crippen molar-refractivity contribution in [2.24, 2.45) is 0 Å². The van der Waals surface area contributed by atoms with Gasteiger partial charge in [0.15, 0.2) is 11.5 Å². The van der Waals surface area contributed by atoms with E-state index >= 15 is 0 Å². The number of benzene rings is 1. The molecule has 25 heavy (non-hydrogen) atoms. The summed E-state index contributed by atoms with van der Waals surface area (Å²) in [5.41, 5.74) is 3.16. The van der Waals surface area contributed by atoms with Gasteiger partial charge in [-0.25, -0.2) is 0 Å². The van der Waals surface area contributed by atoms with Gasteiger partial charge in [0.25, 0.3) is 0 Å². The Balaban J connectivity index is 1.69. The second kappa shape index (κ2) is 5.96. The van der Waals surface area contributed by atoms with Crippen molar-refractivity contribution in [2.45, 2.75) is 32.2 Å². The molecule has 6 nitrogen and oxygen atoms in total. The van der Waals surface area contributed by atoms with Gasteiger partial charge in [-0.05, 0) is 19.1 Å². The average Bonchev–Trinajstić information content (AvgIpc) is 3.13. The second-order valence-corrected chi connectivity index (χ2v) is 6.35. The van der Waals surface area contributed by atoms with Gasteiger partial charge >= 0.3 is 6.29 Å². The van der Waals surface area contributed by atoms with Crippen LogP contribution in [0.5, 0.6) is 11.5 Å². The number of methoxy groups -OCH3 is 1. The number of para-hydroxylation sites is 1. The molecule has 1 unspecified atom stereocenters. The lowest BCUT2D eigenvalue weighted by molar-refractivity contribution is -0.286. The van der Waals surface area contributed by atoms with Crippen molar-refractivity contribution in [2.75, 3.05) is 20.3 Å². The van der Waals surface area contributed by atoms with Gasteiger partial charge in [-0.15, -0.1) is 8.78 Å². The summed E-state index contributed by atoms with van der Waals surface area (Å²) in [4.78, 5) is 2.29. The summed E-state index contributed by atoms with van der Waals surface area (Å²) in [6, 6.07) is 5.10. The van der Waals surface area contributed by atoms with Gasteiger partial charge in [-0.3, -0.25) is 10.00 Å². The first kappa shape index (κ1) is 16.3. The number of nitrogens with one attached hydrogen (secondary N) is 1. The number of hydrogen-bond acceptors (Lipinski definition) is 5. The summed E-state index contributed by atoms with van der Waals surface area (Å²) in [7, 11) is 1.68. The molecule has 0 saturated heterocycles. The number of rotatable bonds is 4. The van der Waals surface area contributed by atoms with E-state index in [0.29, 0.717) is 24.4 Å². The van der Waals surface area contributed by atoms with Crippen LogP contribution < -0.4 is 9.47 Å². The Morgan fingerprint density at radius 2 is 2.24 bits per heavy atom. The minimum atomic E-state index is -3.65. The number of nitrogens with zero attached hydrogens (tertiary/aromatic N) is 2. The Morgan fingerprint density at radius 3 is 3.04 bits per heavy atom. The van der Waals surface area contributed by atoms with E-state index in [1.165, 1.54) is 6.07 Å². The van der Waals surface area contributed by atoms with Crippen molar-refractivity contribution >= 4 is 0 Å². The highest BCUT2D eigenvalue weighted by Gasteiger charge is 2.45. The Morgan fingerprint density at radius 1 is 1.40 bits per heavy atom. The predicted molar refractivity (Wildman–Crippen MR) is 85.7 cm³/mol. The number of aromatic amines is 1. The van der Waals surface area contributed by atoms with Gasteiger partial charge < -0.3 is 14.2 Å². The van der Waals surface area contributed by atoms with Gasteiger partial charge in [-0.2, -0.15) is 5.10 Å². The quantitative estimate of drug-likeness (QED) is 0.918. The zero-order valence-corrected chi connectivity index (χ0v) is 14.0. The van der Waals surface area contributed by atoms with Gasteiger partial charge in [0.05, 0.1) is 6.61 Å². The molecule has 2 aliphatic rings. The lowest BCUT2D eigenvalue weighted by atomic mass is 9.99. The van der Waals surface area contributed by atoms with Gasteiger partial charge in [0.2, 0.25) is 0 Å². The van der Waals surface area contributed by atoms with Crippen LogP contribution in [0.4, 0.5) is 8.78 Å². The smallest absolute Gasteiger partial charge is 0.395 e. The molecule has 1 aromatic carbocycles. The predicted octanol–water partition coefficient (Wildman–Crippen LogP) is 2.79. The summed E-state index contributed by atoms with van der Waals surface area (Å²) in [6.45, 7) is 4.30. The first-order valence-electron chi connectivity index (χ1n) is 8.17. The lowest BCUT2D eigenvalue weighted by Gasteiger charge is -2.32. The molecule has 8 heteroatoms. The van der Waals surface area contributed by atoms with Crippen molar-refractivity contribution in [3.05, 3.63) is 29.5 Å². The Kier molecular flexibility index (Phi) is 3.88. The van der Waals surface area contributed by atoms with Crippen molar-refractivity contribution in [1.82, 2.24) is 15.1 Å². The zero-order chi connectivity index (χ0) is 17.6. The maximum Gasteiger partial charge on any atom is 0.586 e. The maximum atomic E-state index is 13.5. The second-order valence-electron chi connectivity index (χ2n) is 6.35. The fourth-order valence-electron chi connectivity index (χ4n) is 3.42. The van der Waals surface area contributed by atoms with Crippen LogP contribution in [0.2, 0.25) is 0 Å². The number of ether oxygens (including phenoxy) is 3. The number of halogens is 2. The number of fused-ring (bicyclic) bond motifs is 2. The summed E-state index contributed by atoms with van der Waals surface area (Å²) in [5, 5.41) is 7.41. The Labute approximate surface area is 143 Å². The highest BCUT2D eigenvalue weighted by molar-refractivity contribution is 5.74. The largest absolute Gasteiger partial charge is 0.586 e. The molecular weight excluding hydrogens is 332 g/mol. The summed E-state index contributed by atoms with van der Waals surface area (Å²) >= 11 is 0. The van der Waals surface area contributed by atoms with Crippen LogP contribution in [0.3, 0.4) is 0 Å². The third-order valence-corrected chi connectivity index (χ3v) is 4.68. The number of aromatic nitrogens is 2.